The minimum atomic E-state index is -0.807. The van der Waals surface area contributed by atoms with E-state index in [2.05, 4.69) is 24.3 Å². The van der Waals surface area contributed by atoms with Crippen LogP contribution in [0.1, 0.15) is 35.6 Å². The Balaban J connectivity index is 2.08. The van der Waals surface area contributed by atoms with Crippen LogP contribution < -0.4 is 16.4 Å². The van der Waals surface area contributed by atoms with Gasteiger partial charge in [0.25, 0.3) is 0 Å². The number of nitrogens with zero attached hydrogens (tertiary/aromatic N) is 2. The fraction of sp³-hybridized carbons (Fsp3) is 0.440. The highest BCUT2D eigenvalue weighted by atomic mass is 16.3. The number of nitrogens with two attached hydrogens (primary N) is 2. The summed E-state index contributed by atoms with van der Waals surface area (Å²) in [7, 11) is 3.99. The second-order valence-corrected chi connectivity index (χ2v) is 8.64. The molecule has 2 aromatic rings. The number of primary amides is 1. The molecular formula is C25H36N4O3. The lowest BCUT2D eigenvalue weighted by Crippen LogP contribution is -2.53. The lowest BCUT2D eigenvalue weighted by molar-refractivity contribution is -0.139. The van der Waals surface area contributed by atoms with Gasteiger partial charge in [-0.15, -0.1) is 0 Å². The number of phenols is 1. The first kappa shape index (κ1) is 25.2. The molecule has 0 saturated carbocycles. The van der Waals surface area contributed by atoms with Gasteiger partial charge < -0.3 is 26.4 Å². The molecule has 174 valence electrons. The average Bonchev–Trinajstić information content (AvgIpc) is 2.73. The second-order valence-electron chi connectivity index (χ2n) is 8.64. The van der Waals surface area contributed by atoms with Crippen molar-refractivity contribution in [2.24, 2.45) is 11.5 Å². The van der Waals surface area contributed by atoms with E-state index in [-0.39, 0.29) is 11.7 Å². The third-order valence-electron chi connectivity index (χ3n) is 5.90. The van der Waals surface area contributed by atoms with Crippen LogP contribution in [0.3, 0.4) is 0 Å². The van der Waals surface area contributed by atoms with E-state index in [9.17, 15) is 14.7 Å². The maximum atomic E-state index is 13.2. The first-order valence-corrected chi connectivity index (χ1v) is 10.9. The van der Waals surface area contributed by atoms with Gasteiger partial charge in [-0.2, -0.15) is 0 Å². The molecule has 0 fully saturated rings. The van der Waals surface area contributed by atoms with Gasteiger partial charge in [0.2, 0.25) is 11.8 Å². The molecule has 0 radical (unpaired) electrons. The number of hydrogen-bond donors (Lipinski definition) is 3. The molecule has 32 heavy (non-hydrogen) atoms. The predicted octanol–water partition coefficient (Wildman–Crippen LogP) is 2.28. The molecule has 0 saturated heterocycles. The Kier molecular flexibility index (Phi) is 8.66. The third kappa shape index (κ3) is 6.47. The Morgan fingerprint density at radius 3 is 2.12 bits per heavy atom. The van der Waals surface area contributed by atoms with Crippen LogP contribution in [0.25, 0.3) is 0 Å². The van der Waals surface area contributed by atoms with Gasteiger partial charge in [0.1, 0.15) is 11.8 Å². The van der Waals surface area contributed by atoms with E-state index in [0.29, 0.717) is 19.4 Å². The van der Waals surface area contributed by atoms with Crippen molar-refractivity contribution in [1.82, 2.24) is 4.90 Å². The summed E-state index contributed by atoms with van der Waals surface area (Å²) in [6.07, 6.45) is 1.79. The molecule has 0 aromatic heterocycles. The molecule has 7 heteroatoms. The molecule has 2 aromatic carbocycles. The Labute approximate surface area is 191 Å². The van der Waals surface area contributed by atoms with Crippen LogP contribution in [0.4, 0.5) is 5.69 Å². The maximum Gasteiger partial charge on any atom is 0.240 e. The minimum absolute atomic E-state index is 0.186. The third-order valence-corrected chi connectivity index (χ3v) is 5.90. The van der Waals surface area contributed by atoms with Crippen LogP contribution in [-0.2, 0) is 22.4 Å². The molecule has 7 nitrogen and oxygen atoms in total. The predicted molar refractivity (Wildman–Crippen MR) is 129 cm³/mol. The first-order valence-electron chi connectivity index (χ1n) is 10.9. The monoisotopic (exact) mass is 440 g/mol. The van der Waals surface area contributed by atoms with Crippen molar-refractivity contribution >= 4 is 17.5 Å². The van der Waals surface area contributed by atoms with Crippen molar-refractivity contribution < 1.29 is 14.7 Å². The van der Waals surface area contributed by atoms with Crippen molar-refractivity contribution in [2.45, 2.75) is 52.1 Å². The summed E-state index contributed by atoms with van der Waals surface area (Å²) < 4.78 is 0. The summed E-state index contributed by atoms with van der Waals surface area (Å²) in [5, 5.41) is 9.76. The molecule has 2 rings (SSSR count). The Hall–Kier alpha value is -3.06. The molecule has 2 atom stereocenters. The highest BCUT2D eigenvalue weighted by Gasteiger charge is 2.28. The van der Waals surface area contributed by atoms with Gasteiger partial charge in [-0.3, -0.25) is 9.59 Å². The first-order chi connectivity index (χ1) is 15.0. The topological polar surface area (TPSA) is 113 Å². The summed E-state index contributed by atoms with van der Waals surface area (Å²) in [4.78, 5) is 28.6. The molecule has 5 N–H and O–H groups in total. The van der Waals surface area contributed by atoms with Crippen LogP contribution in [0.15, 0.2) is 36.4 Å². The van der Waals surface area contributed by atoms with Gasteiger partial charge in [-0.1, -0.05) is 12.1 Å². The van der Waals surface area contributed by atoms with E-state index in [1.165, 1.54) is 4.90 Å². The zero-order chi connectivity index (χ0) is 24.0. The van der Waals surface area contributed by atoms with Gasteiger partial charge in [-0.05, 0) is 86.6 Å². The summed E-state index contributed by atoms with van der Waals surface area (Å²) >= 11 is 0. The van der Waals surface area contributed by atoms with Gasteiger partial charge in [0.05, 0.1) is 6.04 Å². The molecule has 2 amide bonds. The molecule has 0 aliphatic carbocycles. The maximum absolute atomic E-state index is 13.2. The Bertz CT molecular complexity index is 918. The van der Waals surface area contributed by atoms with Crippen LogP contribution in [-0.4, -0.2) is 54.5 Å². The van der Waals surface area contributed by atoms with Gasteiger partial charge in [0.15, 0.2) is 0 Å². The van der Waals surface area contributed by atoms with Gasteiger partial charge >= 0.3 is 0 Å². The van der Waals surface area contributed by atoms with Crippen LogP contribution >= 0.6 is 0 Å². The van der Waals surface area contributed by atoms with E-state index in [0.717, 1.165) is 34.4 Å². The average molecular weight is 441 g/mol. The Morgan fingerprint density at radius 2 is 1.62 bits per heavy atom. The number of benzene rings is 2. The molecule has 0 spiro atoms. The van der Waals surface area contributed by atoms with E-state index in [4.69, 9.17) is 11.5 Å². The van der Waals surface area contributed by atoms with Crippen LogP contribution in [0.5, 0.6) is 5.75 Å². The largest absolute Gasteiger partial charge is 0.508 e. The summed E-state index contributed by atoms with van der Waals surface area (Å²) in [6.45, 7) is 5.78. The van der Waals surface area contributed by atoms with Crippen LogP contribution in [0, 0.1) is 13.8 Å². The molecule has 0 bridgehead atoms. The molecule has 1 unspecified atom stereocenters. The standard InChI is InChI=1S/C25H36N4O3/c1-16-13-21(30)14-17(2)22(16)15-23(26)25(32)29(18(3)24(27)31)12-6-7-19-8-10-20(11-9-19)28(4)5/h8-11,13-14,18,23,30H,6-7,12,15,26H2,1-5H3,(H2,27,31)/t18-,23?/m1/s1. The lowest BCUT2D eigenvalue weighted by Gasteiger charge is -2.30. The summed E-state index contributed by atoms with van der Waals surface area (Å²) in [5.74, 6) is -0.671. The number of amides is 2. The van der Waals surface area contributed by atoms with Crippen molar-refractivity contribution in [3.8, 4) is 5.75 Å². The van der Waals surface area contributed by atoms with E-state index >= 15 is 0 Å². The molecular weight excluding hydrogens is 404 g/mol. The van der Waals surface area contributed by atoms with Gasteiger partial charge in [0, 0.05) is 26.3 Å². The number of aryl methyl sites for hydroxylation is 3. The van der Waals surface area contributed by atoms with E-state index in [1.54, 1.807) is 19.1 Å². The second kappa shape index (κ2) is 11.0. The number of phenolic OH excluding ortho intramolecular Hbond substituents is 1. The fourth-order valence-electron chi connectivity index (χ4n) is 3.88. The Morgan fingerprint density at radius 1 is 1.06 bits per heavy atom. The number of anilines is 1. The van der Waals surface area contributed by atoms with Crippen molar-refractivity contribution in [2.75, 3.05) is 25.5 Å². The lowest BCUT2D eigenvalue weighted by atomic mass is 9.95. The molecule has 0 aliphatic heterocycles. The SMILES string of the molecule is Cc1cc(O)cc(C)c1CC(N)C(=O)N(CCCc1ccc(N(C)C)cc1)[C@H](C)C(N)=O. The summed E-state index contributed by atoms with van der Waals surface area (Å²) in [6, 6.07) is 10.0. The molecule has 0 aliphatic rings. The number of rotatable bonds is 10. The number of aromatic hydroxyl groups is 1. The molecule has 0 heterocycles. The fourth-order valence-corrected chi connectivity index (χ4v) is 3.88. The quantitative estimate of drug-likeness (QED) is 0.525. The van der Waals surface area contributed by atoms with Crippen molar-refractivity contribution in [1.29, 1.82) is 0 Å². The zero-order valence-corrected chi connectivity index (χ0v) is 19.8. The summed E-state index contributed by atoms with van der Waals surface area (Å²) in [5.41, 5.74) is 16.8. The van der Waals surface area contributed by atoms with E-state index < -0.39 is 18.0 Å². The van der Waals surface area contributed by atoms with E-state index in [1.807, 2.05) is 32.8 Å². The smallest absolute Gasteiger partial charge is 0.240 e. The minimum Gasteiger partial charge on any atom is -0.508 e. The number of carbonyl (C=O) groups is 2. The van der Waals surface area contributed by atoms with Gasteiger partial charge in [-0.25, -0.2) is 0 Å². The van der Waals surface area contributed by atoms with Crippen molar-refractivity contribution in [3.63, 3.8) is 0 Å². The number of hydrogen-bond acceptors (Lipinski definition) is 5. The van der Waals surface area contributed by atoms with Crippen LogP contribution in [0.2, 0.25) is 0 Å². The highest BCUT2D eigenvalue weighted by Crippen LogP contribution is 2.22. The number of carbonyl (C=O) groups excluding carboxylic acids is 2. The van der Waals surface area contributed by atoms with Crippen molar-refractivity contribution in [3.05, 3.63) is 58.7 Å². The highest BCUT2D eigenvalue weighted by molar-refractivity contribution is 5.89. The zero-order valence-electron chi connectivity index (χ0n) is 19.8. The normalized spacial score (nSPS) is 12.8.